The fourth-order valence-electron chi connectivity index (χ4n) is 3.05. The van der Waals surface area contributed by atoms with E-state index < -0.39 is 0 Å². The normalized spacial score (nSPS) is 22.7. The first-order valence-electron chi connectivity index (χ1n) is 7.64. The Bertz CT molecular complexity index is 402. The molecule has 2 nitrogen and oxygen atoms in total. The van der Waals surface area contributed by atoms with Gasteiger partial charge in [0.1, 0.15) is 5.75 Å². The maximum Gasteiger partial charge on any atom is 0.119 e. The van der Waals surface area contributed by atoms with Crippen LogP contribution in [0, 0.1) is 19.8 Å². The van der Waals surface area contributed by atoms with Crippen molar-refractivity contribution in [2.75, 3.05) is 13.2 Å². The predicted molar refractivity (Wildman–Crippen MR) is 80.8 cm³/mol. The summed E-state index contributed by atoms with van der Waals surface area (Å²) in [5.74, 6) is 1.81. The molecule has 1 fully saturated rings. The van der Waals surface area contributed by atoms with Gasteiger partial charge in [-0.05, 0) is 68.8 Å². The zero-order chi connectivity index (χ0) is 13.7. The molecule has 1 saturated carbocycles. The summed E-state index contributed by atoms with van der Waals surface area (Å²) in [6.07, 6.45) is 5.23. The molecule has 0 radical (unpaired) electrons. The fourth-order valence-corrected chi connectivity index (χ4v) is 3.05. The Morgan fingerprint density at radius 3 is 2.79 bits per heavy atom. The van der Waals surface area contributed by atoms with E-state index in [0.29, 0.717) is 6.04 Å². The Kier molecular flexibility index (Phi) is 5.26. The third kappa shape index (κ3) is 3.97. The Hall–Kier alpha value is -1.02. The van der Waals surface area contributed by atoms with E-state index in [1.807, 2.05) is 0 Å². The van der Waals surface area contributed by atoms with E-state index in [-0.39, 0.29) is 0 Å². The third-order valence-electron chi connectivity index (χ3n) is 4.36. The van der Waals surface area contributed by atoms with E-state index in [0.717, 1.165) is 24.8 Å². The molecule has 19 heavy (non-hydrogen) atoms. The van der Waals surface area contributed by atoms with E-state index in [1.165, 1.54) is 36.8 Å². The van der Waals surface area contributed by atoms with E-state index in [4.69, 9.17) is 4.74 Å². The molecule has 0 aromatic heterocycles. The van der Waals surface area contributed by atoms with Crippen molar-refractivity contribution >= 4 is 0 Å². The smallest absolute Gasteiger partial charge is 0.119 e. The van der Waals surface area contributed by atoms with Gasteiger partial charge >= 0.3 is 0 Å². The molecule has 1 aliphatic rings. The second-order valence-corrected chi connectivity index (χ2v) is 5.74. The fraction of sp³-hybridized carbons (Fsp3) is 0.647. The number of hydrogen-bond acceptors (Lipinski definition) is 2. The number of benzene rings is 1. The van der Waals surface area contributed by atoms with Crippen molar-refractivity contribution in [1.29, 1.82) is 0 Å². The van der Waals surface area contributed by atoms with Gasteiger partial charge in [0.2, 0.25) is 0 Å². The van der Waals surface area contributed by atoms with Crippen LogP contribution in [0.5, 0.6) is 5.75 Å². The van der Waals surface area contributed by atoms with Crippen LogP contribution in [0.15, 0.2) is 18.2 Å². The summed E-state index contributed by atoms with van der Waals surface area (Å²) in [6, 6.07) is 7.08. The van der Waals surface area contributed by atoms with Gasteiger partial charge in [-0.15, -0.1) is 0 Å². The molecule has 2 rings (SSSR count). The molecule has 1 N–H and O–H groups in total. The summed E-state index contributed by atoms with van der Waals surface area (Å²) in [4.78, 5) is 0. The summed E-state index contributed by atoms with van der Waals surface area (Å²) in [5, 5.41) is 3.60. The lowest BCUT2D eigenvalue weighted by Crippen LogP contribution is -2.32. The van der Waals surface area contributed by atoms with Gasteiger partial charge in [0.05, 0.1) is 6.61 Å². The van der Waals surface area contributed by atoms with Crippen molar-refractivity contribution in [3.63, 3.8) is 0 Å². The van der Waals surface area contributed by atoms with Crippen molar-refractivity contribution < 1.29 is 4.74 Å². The van der Waals surface area contributed by atoms with Gasteiger partial charge in [0, 0.05) is 6.04 Å². The maximum atomic E-state index is 5.90. The van der Waals surface area contributed by atoms with Crippen LogP contribution in [-0.4, -0.2) is 19.2 Å². The lowest BCUT2D eigenvalue weighted by molar-refractivity contribution is 0.261. The maximum absolute atomic E-state index is 5.90. The second-order valence-electron chi connectivity index (χ2n) is 5.74. The highest BCUT2D eigenvalue weighted by molar-refractivity contribution is 5.33. The van der Waals surface area contributed by atoms with Gasteiger partial charge < -0.3 is 10.1 Å². The molecule has 1 aliphatic carbocycles. The van der Waals surface area contributed by atoms with Crippen LogP contribution >= 0.6 is 0 Å². The average Bonchev–Trinajstić information content (AvgIpc) is 2.82. The predicted octanol–water partition coefficient (Wildman–Crippen LogP) is 3.85. The molecule has 0 aliphatic heterocycles. The number of rotatable bonds is 6. The molecule has 2 unspecified atom stereocenters. The molecule has 0 bridgehead atoms. The monoisotopic (exact) mass is 261 g/mol. The minimum atomic E-state index is 0.716. The van der Waals surface area contributed by atoms with E-state index in [9.17, 15) is 0 Å². The molecule has 0 amide bonds. The van der Waals surface area contributed by atoms with Gasteiger partial charge in [0.25, 0.3) is 0 Å². The first-order chi connectivity index (χ1) is 9.20. The quantitative estimate of drug-likeness (QED) is 0.840. The SMILES string of the molecule is CCNC1CCCC1CCOc1ccc(C)c(C)c1. The zero-order valence-corrected chi connectivity index (χ0v) is 12.5. The van der Waals surface area contributed by atoms with Crippen molar-refractivity contribution in [1.82, 2.24) is 5.32 Å². The Labute approximate surface area is 117 Å². The summed E-state index contributed by atoms with van der Waals surface area (Å²) in [7, 11) is 0. The molecular weight excluding hydrogens is 234 g/mol. The highest BCUT2D eigenvalue weighted by Gasteiger charge is 2.25. The molecular formula is C17H27NO. The van der Waals surface area contributed by atoms with Crippen molar-refractivity contribution in [2.24, 2.45) is 5.92 Å². The van der Waals surface area contributed by atoms with Gasteiger partial charge in [0.15, 0.2) is 0 Å². The molecule has 1 aromatic rings. The highest BCUT2D eigenvalue weighted by Crippen LogP contribution is 2.28. The lowest BCUT2D eigenvalue weighted by atomic mass is 10.00. The second kappa shape index (κ2) is 6.95. The number of hydrogen-bond donors (Lipinski definition) is 1. The third-order valence-corrected chi connectivity index (χ3v) is 4.36. The Balaban J connectivity index is 1.78. The minimum Gasteiger partial charge on any atom is -0.494 e. The van der Waals surface area contributed by atoms with Crippen molar-refractivity contribution in [2.45, 2.75) is 52.5 Å². The van der Waals surface area contributed by atoms with Gasteiger partial charge in [-0.25, -0.2) is 0 Å². The first kappa shape index (κ1) is 14.4. The molecule has 0 spiro atoms. The van der Waals surface area contributed by atoms with Crippen LogP contribution in [0.4, 0.5) is 0 Å². The van der Waals surface area contributed by atoms with E-state index in [2.05, 4.69) is 44.3 Å². The summed E-state index contributed by atoms with van der Waals surface area (Å²) >= 11 is 0. The Morgan fingerprint density at radius 1 is 1.21 bits per heavy atom. The number of ether oxygens (including phenoxy) is 1. The van der Waals surface area contributed by atoms with E-state index >= 15 is 0 Å². The molecule has 2 heteroatoms. The standard InChI is InChI=1S/C17H27NO/c1-4-18-17-7-5-6-15(17)10-11-19-16-9-8-13(2)14(3)12-16/h8-9,12,15,17-18H,4-7,10-11H2,1-3H3. The average molecular weight is 261 g/mol. The van der Waals surface area contributed by atoms with Gasteiger partial charge in [-0.2, -0.15) is 0 Å². The number of nitrogens with one attached hydrogen (secondary N) is 1. The Morgan fingerprint density at radius 2 is 2.05 bits per heavy atom. The summed E-state index contributed by atoms with van der Waals surface area (Å²) in [5.41, 5.74) is 2.64. The van der Waals surface area contributed by atoms with Crippen molar-refractivity contribution in [3.8, 4) is 5.75 Å². The van der Waals surface area contributed by atoms with Gasteiger partial charge in [-0.1, -0.05) is 19.4 Å². The lowest BCUT2D eigenvalue weighted by Gasteiger charge is -2.20. The van der Waals surface area contributed by atoms with Crippen LogP contribution in [0.3, 0.4) is 0 Å². The largest absolute Gasteiger partial charge is 0.494 e. The molecule has 2 atom stereocenters. The summed E-state index contributed by atoms with van der Waals surface area (Å²) < 4.78 is 5.90. The van der Waals surface area contributed by atoms with Crippen LogP contribution in [0.1, 0.15) is 43.7 Å². The van der Waals surface area contributed by atoms with Crippen LogP contribution in [0.25, 0.3) is 0 Å². The molecule has 0 saturated heterocycles. The van der Waals surface area contributed by atoms with E-state index in [1.54, 1.807) is 0 Å². The van der Waals surface area contributed by atoms with Crippen LogP contribution in [0.2, 0.25) is 0 Å². The highest BCUT2D eigenvalue weighted by atomic mass is 16.5. The van der Waals surface area contributed by atoms with Crippen LogP contribution in [-0.2, 0) is 0 Å². The van der Waals surface area contributed by atoms with Gasteiger partial charge in [-0.3, -0.25) is 0 Å². The number of aryl methyl sites for hydroxylation is 2. The summed E-state index contributed by atoms with van der Waals surface area (Å²) in [6.45, 7) is 8.40. The topological polar surface area (TPSA) is 21.3 Å². The minimum absolute atomic E-state index is 0.716. The zero-order valence-electron chi connectivity index (χ0n) is 12.5. The first-order valence-corrected chi connectivity index (χ1v) is 7.64. The molecule has 0 heterocycles. The van der Waals surface area contributed by atoms with Crippen LogP contribution < -0.4 is 10.1 Å². The molecule has 1 aromatic carbocycles. The molecule has 106 valence electrons. The van der Waals surface area contributed by atoms with Crippen molar-refractivity contribution in [3.05, 3.63) is 29.3 Å².